The van der Waals surface area contributed by atoms with Crippen molar-refractivity contribution < 1.29 is 35.2 Å². The summed E-state index contributed by atoms with van der Waals surface area (Å²) in [6.45, 7) is 0. The number of fused-ring (bicyclic) bond motifs is 1. The number of anilines is 1. The van der Waals surface area contributed by atoms with Gasteiger partial charge in [0.15, 0.2) is 15.0 Å². The van der Waals surface area contributed by atoms with E-state index in [4.69, 9.17) is 5.14 Å². The van der Waals surface area contributed by atoms with Crippen LogP contribution >= 0.6 is 11.3 Å². The molecule has 3 N–H and O–H groups in total. The van der Waals surface area contributed by atoms with Gasteiger partial charge in [-0.3, -0.25) is 10.1 Å². The SMILES string of the molecule is NS(=O)(=O)c1cnc(NC(=O)c2cnn3c(C(F)F)cc(-c4ccc(C(F)(F)F)cc4)nc23)s1. The van der Waals surface area contributed by atoms with Gasteiger partial charge >= 0.3 is 6.18 Å². The first-order valence-electron chi connectivity index (χ1n) is 8.99. The number of alkyl halides is 5. The van der Waals surface area contributed by atoms with Crippen molar-refractivity contribution in [1.82, 2.24) is 19.6 Å². The van der Waals surface area contributed by atoms with Crippen LogP contribution in [0.15, 0.2) is 46.9 Å². The number of carbonyl (C=O) groups is 1. The van der Waals surface area contributed by atoms with Crippen LogP contribution in [0.1, 0.15) is 28.0 Å². The molecule has 0 bridgehead atoms. The fourth-order valence-electron chi connectivity index (χ4n) is 2.89. The number of nitrogens with two attached hydrogens (primary N) is 1. The summed E-state index contributed by atoms with van der Waals surface area (Å²) in [6, 6.07) is 4.64. The Kier molecular flexibility index (Phi) is 5.82. The van der Waals surface area contributed by atoms with Crippen molar-refractivity contribution in [3.63, 3.8) is 0 Å². The maximum atomic E-state index is 13.7. The number of nitrogens with one attached hydrogen (secondary N) is 1. The van der Waals surface area contributed by atoms with E-state index in [1.165, 1.54) is 0 Å². The molecule has 0 fully saturated rings. The van der Waals surface area contributed by atoms with Gasteiger partial charge in [-0.2, -0.15) is 18.3 Å². The lowest BCUT2D eigenvalue weighted by atomic mass is 10.1. The van der Waals surface area contributed by atoms with E-state index < -0.39 is 39.8 Å². The minimum Gasteiger partial charge on any atom is -0.298 e. The van der Waals surface area contributed by atoms with E-state index in [0.717, 1.165) is 47.2 Å². The first-order valence-corrected chi connectivity index (χ1v) is 11.4. The molecular formula is C18H11F5N6O3S2. The molecule has 9 nitrogen and oxygen atoms in total. The molecule has 16 heteroatoms. The topological polar surface area (TPSA) is 132 Å². The van der Waals surface area contributed by atoms with Crippen LogP contribution in [0.2, 0.25) is 0 Å². The summed E-state index contributed by atoms with van der Waals surface area (Å²) in [5, 5.41) is 10.9. The number of thiazole rings is 1. The normalized spacial score (nSPS) is 12.4. The zero-order valence-corrected chi connectivity index (χ0v) is 18.0. The second-order valence-corrected chi connectivity index (χ2v) is 9.54. The van der Waals surface area contributed by atoms with Crippen molar-refractivity contribution in [2.24, 2.45) is 5.14 Å². The second-order valence-electron chi connectivity index (χ2n) is 6.72. The van der Waals surface area contributed by atoms with Crippen LogP contribution < -0.4 is 10.5 Å². The molecule has 0 saturated heterocycles. The number of nitrogens with zero attached hydrogens (tertiary/aromatic N) is 4. The molecule has 0 aliphatic rings. The van der Waals surface area contributed by atoms with Crippen molar-refractivity contribution in [3.05, 3.63) is 59.5 Å². The van der Waals surface area contributed by atoms with Gasteiger partial charge in [-0.15, -0.1) is 0 Å². The molecule has 0 spiro atoms. The van der Waals surface area contributed by atoms with Gasteiger partial charge in [0.05, 0.1) is 23.7 Å². The zero-order valence-electron chi connectivity index (χ0n) is 16.4. The van der Waals surface area contributed by atoms with Gasteiger partial charge in [0, 0.05) is 5.56 Å². The summed E-state index contributed by atoms with van der Waals surface area (Å²) >= 11 is 0.567. The molecule has 0 aliphatic carbocycles. The van der Waals surface area contributed by atoms with E-state index in [1.807, 2.05) is 0 Å². The van der Waals surface area contributed by atoms with Gasteiger partial charge in [-0.05, 0) is 18.2 Å². The van der Waals surface area contributed by atoms with Gasteiger partial charge < -0.3 is 0 Å². The second kappa shape index (κ2) is 8.37. The number of hydrogen-bond donors (Lipinski definition) is 2. The van der Waals surface area contributed by atoms with Gasteiger partial charge in [0.2, 0.25) is 10.0 Å². The lowest BCUT2D eigenvalue weighted by Crippen LogP contribution is -2.12. The van der Waals surface area contributed by atoms with E-state index in [-0.39, 0.29) is 31.8 Å². The third-order valence-electron chi connectivity index (χ3n) is 4.46. The summed E-state index contributed by atoms with van der Waals surface area (Å²) in [5.74, 6) is -0.886. The average Bonchev–Trinajstić information content (AvgIpc) is 3.39. The molecule has 0 radical (unpaired) electrons. The fraction of sp³-hybridized carbons (Fsp3) is 0.111. The van der Waals surface area contributed by atoms with Crippen LogP contribution in [0.5, 0.6) is 0 Å². The Labute approximate surface area is 191 Å². The summed E-state index contributed by atoms with van der Waals surface area (Å²) < 4.78 is 89.0. The Morgan fingerprint density at radius 2 is 1.82 bits per heavy atom. The fourth-order valence-corrected chi connectivity index (χ4v) is 4.34. The zero-order chi connectivity index (χ0) is 24.8. The van der Waals surface area contributed by atoms with Gasteiger partial charge in [-0.25, -0.2) is 36.8 Å². The molecule has 3 aromatic heterocycles. The highest BCUT2D eigenvalue weighted by Gasteiger charge is 2.30. The third kappa shape index (κ3) is 4.59. The van der Waals surface area contributed by atoms with Crippen LogP contribution in [0.3, 0.4) is 0 Å². The van der Waals surface area contributed by atoms with Crippen molar-refractivity contribution >= 4 is 38.0 Å². The van der Waals surface area contributed by atoms with Gasteiger partial charge in [0.1, 0.15) is 11.3 Å². The predicted molar refractivity (Wildman–Crippen MR) is 110 cm³/mol. The summed E-state index contributed by atoms with van der Waals surface area (Å²) in [7, 11) is -4.05. The monoisotopic (exact) mass is 518 g/mol. The highest BCUT2D eigenvalue weighted by Crippen LogP contribution is 2.32. The molecule has 3 heterocycles. The number of aromatic nitrogens is 4. The standard InChI is InChI=1S/C18H11F5N6O3S2/c19-14(20)12-5-11(8-1-3-9(4-2-8)18(21,22)23)27-15-10(6-26-29(12)15)16(30)28-17-25-7-13(33-17)34(24,31)32/h1-7,14H,(H2,24,31,32)(H,25,28,30). The third-order valence-corrected chi connectivity index (χ3v) is 6.78. The molecule has 0 saturated carbocycles. The van der Waals surface area contributed by atoms with E-state index in [0.29, 0.717) is 11.3 Å². The van der Waals surface area contributed by atoms with Crippen LogP contribution in [0.4, 0.5) is 27.1 Å². The van der Waals surface area contributed by atoms with Crippen LogP contribution in [0, 0.1) is 0 Å². The molecule has 1 aromatic carbocycles. The van der Waals surface area contributed by atoms with Gasteiger partial charge in [-0.1, -0.05) is 23.5 Å². The molecule has 34 heavy (non-hydrogen) atoms. The maximum absolute atomic E-state index is 13.7. The molecule has 0 aliphatic heterocycles. The highest BCUT2D eigenvalue weighted by molar-refractivity contribution is 7.91. The van der Waals surface area contributed by atoms with Crippen molar-refractivity contribution in [3.8, 4) is 11.3 Å². The average molecular weight is 518 g/mol. The molecule has 0 unspecified atom stereocenters. The number of carbonyl (C=O) groups excluding carboxylic acids is 1. The van der Waals surface area contributed by atoms with E-state index in [1.54, 1.807) is 0 Å². The van der Waals surface area contributed by atoms with Crippen LogP contribution in [-0.2, 0) is 16.2 Å². The number of primary sulfonamides is 1. The first kappa shape index (κ1) is 23.7. The van der Waals surface area contributed by atoms with Crippen molar-refractivity contribution in [2.75, 3.05) is 5.32 Å². The Balaban J connectivity index is 1.75. The van der Waals surface area contributed by atoms with E-state index in [2.05, 4.69) is 20.4 Å². The van der Waals surface area contributed by atoms with Gasteiger partial charge in [0.25, 0.3) is 12.3 Å². The lowest BCUT2D eigenvalue weighted by molar-refractivity contribution is -0.137. The highest BCUT2D eigenvalue weighted by atomic mass is 32.2. The number of hydrogen-bond acceptors (Lipinski definition) is 7. The molecule has 0 atom stereocenters. The van der Waals surface area contributed by atoms with Crippen LogP contribution in [-0.4, -0.2) is 33.9 Å². The minimum atomic E-state index is -4.58. The number of benzene rings is 1. The molecule has 1 amide bonds. The largest absolute Gasteiger partial charge is 0.416 e. The van der Waals surface area contributed by atoms with Crippen LogP contribution in [0.25, 0.3) is 16.9 Å². The summed E-state index contributed by atoms with van der Waals surface area (Å²) in [4.78, 5) is 20.6. The Morgan fingerprint density at radius 3 is 2.38 bits per heavy atom. The summed E-state index contributed by atoms with van der Waals surface area (Å²) in [5.41, 5.74) is -2.15. The Bertz CT molecular complexity index is 1500. The van der Waals surface area contributed by atoms with Crippen molar-refractivity contribution in [1.29, 1.82) is 0 Å². The Morgan fingerprint density at radius 1 is 1.15 bits per heavy atom. The molecule has 4 rings (SSSR count). The molecule has 4 aromatic rings. The predicted octanol–water partition coefficient (Wildman–Crippen LogP) is 3.71. The quantitative estimate of drug-likeness (QED) is 0.387. The van der Waals surface area contributed by atoms with Crippen molar-refractivity contribution in [2.45, 2.75) is 16.8 Å². The van der Waals surface area contributed by atoms with E-state index in [9.17, 15) is 35.2 Å². The number of rotatable bonds is 5. The number of amides is 1. The first-order chi connectivity index (χ1) is 15.8. The smallest absolute Gasteiger partial charge is 0.298 e. The number of sulfonamides is 1. The molecule has 178 valence electrons. The van der Waals surface area contributed by atoms with E-state index >= 15 is 0 Å². The maximum Gasteiger partial charge on any atom is 0.416 e. The molecular weight excluding hydrogens is 507 g/mol. The minimum absolute atomic E-state index is 0.0997. The number of halogens is 5. The summed E-state index contributed by atoms with van der Waals surface area (Å²) in [6.07, 6.45) is -5.74. The Hall–Kier alpha value is -3.50. The lowest BCUT2D eigenvalue weighted by Gasteiger charge is -2.10.